The van der Waals surface area contributed by atoms with Crippen LogP contribution in [0.15, 0.2) is 48.5 Å². The minimum absolute atomic E-state index is 0.455. The van der Waals surface area contributed by atoms with Gasteiger partial charge in [0.15, 0.2) is 0 Å². The molecule has 2 nitrogen and oxygen atoms in total. The molecular formula is C23H27NO. The molecule has 0 heterocycles. The van der Waals surface area contributed by atoms with Crippen LogP contribution in [0, 0.1) is 17.2 Å². The molecular weight excluding hydrogens is 306 g/mol. The summed E-state index contributed by atoms with van der Waals surface area (Å²) in [6.45, 7) is 5.30. The van der Waals surface area contributed by atoms with Crippen LogP contribution in [0.5, 0.6) is 0 Å². The zero-order chi connectivity index (χ0) is 17.6. The first-order valence-electron chi connectivity index (χ1n) is 9.38. The van der Waals surface area contributed by atoms with Gasteiger partial charge in [-0.05, 0) is 66.3 Å². The maximum atomic E-state index is 8.90. The van der Waals surface area contributed by atoms with E-state index >= 15 is 0 Å². The van der Waals surface area contributed by atoms with Crippen molar-refractivity contribution in [3.8, 4) is 17.2 Å². The molecule has 1 saturated carbocycles. The Bertz CT molecular complexity index is 701. The lowest BCUT2D eigenvalue weighted by Crippen LogP contribution is -2.22. The Labute approximate surface area is 151 Å². The van der Waals surface area contributed by atoms with Gasteiger partial charge in [-0.2, -0.15) is 5.26 Å². The van der Waals surface area contributed by atoms with Crippen molar-refractivity contribution < 1.29 is 4.74 Å². The standard InChI is InChI=1S/C23H27NO/c1-17(2)16-25-23-13-11-22(12-14-23)21-9-7-20(8-10-21)19-5-3-18(15-24)4-6-19/h3-10,17,22-23H,11-14,16H2,1-2H3. The minimum atomic E-state index is 0.455. The van der Waals surface area contributed by atoms with Gasteiger partial charge in [-0.25, -0.2) is 0 Å². The average Bonchev–Trinajstić information content (AvgIpc) is 2.67. The molecule has 0 amide bonds. The Kier molecular flexibility index (Phi) is 5.89. The predicted octanol–water partition coefficient (Wildman–Crippen LogP) is 5.92. The van der Waals surface area contributed by atoms with Gasteiger partial charge in [0.1, 0.15) is 0 Å². The van der Waals surface area contributed by atoms with Crippen molar-refractivity contribution >= 4 is 0 Å². The Morgan fingerprint density at radius 3 is 2.00 bits per heavy atom. The van der Waals surface area contributed by atoms with Crippen LogP contribution in [-0.2, 0) is 4.74 Å². The van der Waals surface area contributed by atoms with Gasteiger partial charge in [-0.15, -0.1) is 0 Å². The fourth-order valence-corrected chi connectivity index (χ4v) is 3.58. The molecule has 130 valence electrons. The molecule has 0 aromatic heterocycles. The molecule has 0 unspecified atom stereocenters. The summed E-state index contributed by atoms with van der Waals surface area (Å²) in [7, 11) is 0. The van der Waals surface area contributed by atoms with Gasteiger partial charge in [0.25, 0.3) is 0 Å². The normalized spacial score (nSPS) is 20.4. The summed E-state index contributed by atoms with van der Waals surface area (Å²) in [6, 6.07) is 18.9. The molecule has 1 aliphatic carbocycles. The first-order chi connectivity index (χ1) is 12.2. The van der Waals surface area contributed by atoms with Crippen LogP contribution in [0.25, 0.3) is 11.1 Å². The lowest BCUT2D eigenvalue weighted by atomic mass is 9.82. The lowest BCUT2D eigenvalue weighted by molar-refractivity contribution is 0.0104. The van der Waals surface area contributed by atoms with E-state index in [1.165, 1.54) is 36.8 Å². The summed E-state index contributed by atoms with van der Waals surface area (Å²) < 4.78 is 6.00. The summed E-state index contributed by atoms with van der Waals surface area (Å²) in [5.41, 5.74) is 4.52. The molecule has 0 N–H and O–H groups in total. The van der Waals surface area contributed by atoms with Gasteiger partial charge in [0.2, 0.25) is 0 Å². The Hall–Kier alpha value is -2.11. The van der Waals surface area contributed by atoms with Crippen molar-refractivity contribution in [1.82, 2.24) is 0 Å². The molecule has 1 fully saturated rings. The molecule has 0 radical (unpaired) electrons. The van der Waals surface area contributed by atoms with Crippen molar-refractivity contribution in [2.45, 2.75) is 51.6 Å². The van der Waals surface area contributed by atoms with Crippen LogP contribution < -0.4 is 0 Å². The molecule has 0 bridgehead atoms. The zero-order valence-electron chi connectivity index (χ0n) is 15.2. The van der Waals surface area contributed by atoms with Crippen LogP contribution in [-0.4, -0.2) is 12.7 Å². The number of nitrogens with zero attached hydrogens (tertiary/aromatic N) is 1. The SMILES string of the molecule is CC(C)COC1CCC(c2ccc(-c3ccc(C#N)cc3)cc2)CC1. The monoisotopic (exact) mass is 333 g/mol. The number of nitriles is 1. The van der Waals surface area contributed by atoms with Crippen molar-refractivity contribution in [3.05, 3.63) is 59.7 Å². The maximum Gasteiger partial charge on any atom is 0.0991 e. The van der Waals surface area contributed by atoms with E-state index in [2.05, 4.69) is 44.2 Å². The van der Waals surface area contributed by atoms with Gasteiger partial charge in [0.05, 0.1) is 17.7 Å². The summed E-state index contributed by atoms with van der Waals surface area (Å²) in [4.78, 5) is 0. The van der Waals surface area contributed by atoms with Gasteiger partial charge in [0, 0.05) is 6.61 Å². The molecule has 25 heavy (non-hydrogen) atoms. The maximum absolute atomic E-state index is 8.90. The molecule has 0 aliphatic heterocycles. The second-order valence-electron chi connectivity index (χ2n) is 7.51. The molecule has 1 aliphatic rings. The van der Waals surface area contributed by atoms with Crippen LogP contribution in [0.4, 0.5) is 0 Å². The lowest BCUT2D eigenvalue weighted by Gasteiger charge is -2.29. The Morgan fingerprint density at radius 2 is 1.48 bits per heavy atom. The molecule has 0 saturated heterocycles. The number of hydrogen-bond donors (Lipinski definition) is 0. The largest absolute Gasteiger partial charge is 0.378 e. The van der Waals surface area contributed by atoms with Crippen LogP contribution >= 0.6 is 0 Å². The fourth-order valence-electron chi connectivity index (χ4n) is 3.58. The number of benzene rings is 2. The van der Waals surface area contributed by atoms with Crippen LogP contribution in [0.2, 0.25) is 0 Å². The van der Waals surface area contributed by atoms with Gasteiger partial charge in [-0.3, -0.25) is 0 Å². The number of hydrogen-bond acceptors (Lipinski definition) is 2. The van der Waals surface area contributed by atoms with Gasteiger partial charge in [-0.1, -0.05) is 50.2 Å². The highest BCUT2D eigenvalue weighted by molar-refractivity contribution is 5.64. The van der Waals surface area contributed by atoms with Crippen molar-refractivity contribution in [1.29, 1.82) is 5.26 Å². The third-order valence-corrected chi connectivity index (χ3v) is 5.07. The minimum Gasteiger partial charge on any atom is -0.378 e. The van der Waals surface area contributed by atoms with Crippen LogP contribution in [0.3, 0.4) is 0 Å². The topological polar surface area (TPSA) is 33.0 Å². The van der Waals surface area contributed by atoms with Crippen molar-refractivity contribution in [2.75, 3.05) is 6.61 Å². The molecule has 2 aromatic carbocycles. The number of ether oxygens (including phenoxy) is 1. The molecule has 0 atom stereocenters. The Morgan fingerprint density at radius 1 is 0.920 bits per heavy atom. The summed E-state index contributed by atoms with van der Waals surface area (Å²) in [6.07, 6.45) is 5.25. The smallest absolute Gasteiger partial charge is 0.0991 e. The second kappa shape index (κ2) is 8.32. The summed E-state index contributed by atoms with van der Waals surface area (Å²) >= 11 is 0. The van der Waals surface area contributed by atoms with E-state index in [0.29, 0.717) is 23.5 Å². The van der Waals surface area contributed by atoms with Gasteiger partial charge < -0.3 is 4.74 Å². The quantitative estimate of drug-likeness (QED) is 0.680. The van der Waals surface area contributed by atoms with E-state index in [9.17, 15) is 0 Å². The van der Waals surface area contributed by atoms with E-state index in [0.717, 1.165) is 12.2 Å². The van der Waals surface area contributed by atoms with E-state index in [4.69, 9.17) is 10.00 Å². The molecule has 2 aromatic rings. The van der Waals surface area contributed by atoms with Gasteiger partial charge >= 0.3 is 0 Å². The van der Waals surface area contributed by atoms with Crippen molar-refractivity contribution in [2.24, 2.45) is 5.92 Å². The van der Waals surface area contributed by atoms with Crippen molar-refractivity contribution in [3.63, 3.8) is 0 Å². The molecule has 0 spiro atoms. The highest BCUT2D eigenvalue weighted by Crippen LogP contribution is 2.35. The first-order valence-corrected chi connectivity index (χ1v) is 9.38. The second-order valence-corrected chi connectivity index (χ2v) is 7.51. The first kappa shape index (κ1) is 17.7. The molecule has 3 rings (SSSR count). The predicted molar refractivity (Wildman–Crippen MR) is 102 cm³/mol. The fraction of sp³-hybridized carbons (Fsp3) is 0.435. The number of rotatable bonds is 5. The highest BCUT2D eigenvalue weighted by atomic mass is 16.5. The van der Waals surface area contributed by atoms with E-state index in [1.807, 2.05) is 24.3 Å². The zero-order valence-corrected chi connectivity index (χ0v) is 15.2. The van der Waals surface area contributed by atoms with E-state index in [-0.39, 0.29) is 0 Å². The summed E-state index contributed by atoms with van der Waals surface area (Å²) in [5.74, 6) is 1.28. The van der Waals surface area contributed by atoms with E-state index in [1.54, 1.807) is 0 Å². The highest BCUT2D eigenvalue weighted by Gasteiger charge is 2.23. The average molecular weight is 333 g/mol. The van der Waals surface area contributed by atoms with E-state index < -0.39 is 0 Å². The molecule has 2 heteroatoms. The summed E-state index contributed by atoms with van der Waals surface area (Å²) in [5, 5.41) is 8.90. The van der Waals surface area contributed by atoms with Crippen LogP contribution in [0.1, 0.15) is 56.6 Å². The third-order valence-electron chi connectivity index (χ3n) is 5.07. The third kappa shape index (κ3) is 4.71. The Balaban J connectivity index is 1.58.